The Bertz CT molecular complexity index is 768. The lowest BCUT2D eigenvalue weighted by molar-refractivity contribution is -0.862. The lowest BCUT2D eigenvalue weighted by atomic mass is 9.88. The molecule has 0 fully saturated rings. The SMILES string of the molecule is CCOc1ccc2c(c1)C(C)=CC(C)(C)N2C(=O)C[NH+](C)CC(=O)NC(C)C. The summed E-state index contributed by atoms with van der Waals surface area (Å²) in [6, 6.07) is 5.95. The van der Waals surface area contributed by atoms with Crippen molar-refractivity contribution in [1.29, 1.82) is 0 Å². The fourth-order valence-electron chi connectivity index (χ4n) is 3.77. The van der Waals surface area contributed by atoms with Gasteiger partial charge in [-0.3, -0.25) is 14.5 Å². The quantitative estimate of drug-likeness (QED) is 0.747. The maximum atomic E-state index is 13.2. The van der Waals surface area contributed by atoms with Crippen LogP contribution in [0.3, 0.4) is 0 Å². The molecule has 0 radical (unpaired) electrons. The van der Waals surface area contributed by atoms with E-state index in [0.717, 1.165) is 27.5 Å². The third-order valence-electron chi connectivity index (χ3n) is 4.71. The number of amides is 2. The van der Waals surface area contributed by atoms with E-state index in [2.05, 4.69) is 18.3 Å². The maximum Gasteiger partial charge on any atom is 0.282 e. The number of carbonyl (C=O) groups is 2. The highest BCUT2D eigenvalue weighted by Crippen LogP contribution is 2.40. The fraction of sp³-hybridized carbons (Fsp3) is 0.545. The summed E-state index contributed by atoms with van der Waals surface area (Å²) < 4.78 is 5.63. The second-order valence-corrected chi connectivity index (χ2v) is 8.36. The number of rotatable bonds is 7. The van der Waals surface area contributed by atoms with E-state index in [1.807, 2.05) is 64.8 Å². The summed E-state index contributed by atoms with van der Waals surface area (Å²) in [5.41, 5.74) is 2.58. The Balaban J connectivity index is 2.24. The molecule has 0 saturated heterocycles. The predicted octanol–water partition coefficient (Wildman–Crippen LogP) is 1.65. The van der Waals surface area contributed by atoms with Crippen molar-refractivity contribution in [2.45, 2.75) is 53.1 Å². The molecular weight excluding hydrogens is 354 g/mol. The van der Waals surface area contributed by atoms with Crippen molar-refractivity contribution >= 4 is 23.1 Å². The molecule has 6 heteroatoms. The van der Waals surface area contributed by atoms with E-state index in [-0.39, 0.29) is 30.9 Å². The van der Waals surface area contributed by atoms with Gasteiger partial charge in [-0.1, -0.05) is 6.08 Å². The molecule has 1 aliphatic heterocycles. The normalized spacial score (nSPS) is 16.3. The highest BCUT2D eigenvalue weighted by Gasteiger charge is 2.37. The summed E-state index contributed by atoms with van der Waals surface area (Å²) in [5, 5.41) is 2.87. The van der Waals surface area contributed by atoms with Gasteiger partial charge < -0.3 is 15.0 Å². The van der Waals surface area contributed by atoms with Crippen molar-refractivity contribution in [2.24, 2.45) is 0 Å². The van der Waals surface area contributed by atoms with E-state index in [0.29, 0.717) is 6.61 Å². The Kier molecular flexibility index (Phi) is 6.88. The first-order chi connectivity index (χ1) is 13.0. The number of likely N-dealkylation sites (N-methyl/N-ethyl adjacent to an activating group) is 1. The monoisotopic (exact) mass is 388 g/mol. The molecule has 6 nitrogen and oxygen atoms in total. The van der Waals surface area contributed by atoms with Crippen LogP contribution in [0.15, 0.2) is 24.3 Å². The molecule has 154 valence electrons. The van der Waals surface area contributed by atoms with Crippen molar-refractivity contribution < 1.29 is 19.2 Å². The van der Waals surface area contributed by atoms with Crippen LogP contribution in [0.1, 0.15) is 47.1 Å². The van der Waals surface area contributed by atoms with Crippen LogP contribution in [-0.2, 0) is 9.59 Å². The zero-order valence-electron chi connectivity index (χ0n) is 18.2. The third-order valence-corrected chi connectivity index (χ3v) is 4.71. The van der Waals surface area contributed by atoms with Gasteiger partial charge in [-0.2, -0.15) is 0 Å². The molecule has 2 amide bonds. The van der Waals surface area contributed by atoms with Gasteiger partial charge in [0.2, 0.25) is 0 Å². The Hall–Kier alpha value is -2.34. The van der Waals surface area contributed by atoms with Crippen LogP contribution in [0.2, 0.25) is 0 Å². The molecule has 1 atom stereocenters. The number of allylic oxidation sites excluding steroid dienone is 1. The number of benzene rings is 1. The largest absolute Gasteiger partial charge is 0.494 e. The Morgan fingerprint density at radius 2 is 1.93 bits per heavy atom. The van der Waals surface area contributed by atoms with Gasteiger partial charge in [0, 0.05) is 11.6 Å². The lowest BCUT2D eigenvalue weighted by Crippen LogP contribution is -3.11. The number of hydrogen-bond donors (Lipinski definition) is 2. The van der Waals surface area contributed by atoms with Crippen LogP contribution >= 0.6 is 0 Å². The van der Waals surface area contributed by atoms with Crippen LogP contribution in [-0.4, -0.2) is 50.1 Å². The first-order valence-electron chi connectivity index (χ1n) is 9.95. The lowest BCUT2D eigenvalue weighted by Gasteiger charge is -2.41. The van der Waals surface area contributed by atoms with Gasteiger partial charge in [0.1, 0.15) is 5.75 Å². The Morgan fingerprint density at radius 1 is 1.25 bits per heavy atom. The molecule has 1 heterocycles. The van der Waals surface area contributed by atoms with Crippen molar-refractivity contribution in [3.05, 3.63) is 29.8 Å². The predicted molar refractivity (Wildman–Crippen MR) is 113 cm³/mol. The van der Waals surface area contributed by atoms with Gasteiger partial charge in [-0.15, -0.1) is 0 Å². The van der Waals surface area contributed by atoms with Gasteiger partial charge in [0.05, 0.1) is 24.9 Å². The van der Waals surface area contributed by atoms with Crippen LogP contribution in [0.25, 0.3) is 5.57 Å². The molecule has 1 aromatic rings. The summed E-state index contributed by atoms with van der Waals surface area (Å²) in [7, 11) is 1.87. The second kappa shape index (κ2) is 8.78. The van der Waals surface area contributed by atoms with E-state index in [4.69, 9.17) is 4.74 Å². The van der Waals surface area contributed by atoms with Crippen molar-refractivity contribution in [3.8, 4) is 5.75 Å². The molecule has 0 aliphatic carbocycles. The highest BCUT2D eigenvalue weighted by molar-refractivity contribution is 6.01. The maximum absolute atomic E-state index is 13.2. The fourth-order valence-corrected chi connectivity index (χ4v) is 3.77. The van der Waals surface area contributed by atoms with Crippen molar-refractivity contribution in [1.82, 2.24) is 5.32 Å². The summed E-state index contributed by atoms with van der Waals surface area (Å²) in [6.07, 6.45) is 2.11. The standard InChI is InChI=1S/C22H33N3O3/c1-8-28-17-9-10-19-18(11-17)16(4)12-22(5,6)25(19)21(27)14-24(7)13-20(26)23-15(2)3/h9-12,15H,8,13-14H2,1-7H3,(H,23,26)/p+1. The number of nitrogens with one attached hydrogen (secondary N) is 2. The van der Waals surface area contributed by atoms with Gasteiger partial charge in [0.15, 0.2) is 13.1 Å². The minimum Gasteiger partial charge on any atom is -0.494 e. The molecule has 0 bridgehead atoms. The topological polar surface area (TPSA) is 63.1 Å². The average Bonchev–Trinajstić information content (AvgIpc) is 2.53. The summed E-state index contributed by atoms with van der Waals surface area (Å²) in [4.78, 5) is 27.9. The Labute approximate surface area is 168 Å². The van der Waals surface area contributed by atoms with Crippen LogP contribution < -0.4 is 19.9 Å². The second-order valence-electron chi connectivity index (χ2n) is 8.36. The third kappa shape index (κ3) is 5.13. The van der Waals surface area contributed by atoms with Gasteiger partial charge in [-0.25, -0.2) is 0 Å². The smallest absolute Gasteiger partial charge is 0.282 e. The number of hydrogen-bond acceptors (Lipinski definition) is 3. The van der Waals surface area contributed by atoms with Crippen LogP contribution in [0, 0.1) is 0 Å². The van der Waals surface area contributed by atoms with Crippen molar-refractivity contribution in [2.75, 3.05) is 31.6 Å². The van der Waals surface area contributed by atoms with E-state index < -0.39 is 5.54 Å². The van der Waals surface area contributed by atoms with E-state index in [1.54, 1.807) is 0 Å². The molecular formula is C22H34N3O3+. The summed E-state index contributed by atoms with van der Waals surface area (Å²) in [6.45, 7) is 13.1. The Morgan fingerprint density at radius 3 is 2.54 bits per heavy atom. The number of nitrogens with zero attached hydrogens (tertiary/aromatic N) is 1. The average molecular weight is 389 g/mol. The molecule has 2 N–H and O–H groups in total. The van der Waals surface area contributed by atoms with Gasteiger partial charge in [0.25, 0.3) is 11.8 Å². The zero-order chi connectivity index (χ0) is 21.1. The first-order valence-corrected chi connectivity index (χ1v) is 9.95. The molecule has 1 unspecified atom stereocenters. The van der Waals surface area contributed by atoms with Crippen molar-refractivity contribution in [3.63, 3.8) is 0 Å². The molecule has 0 aromatic heterocycles. The summed E-state index contributed by atoms with van der Waals surface area (Å²) >= 11 is 0. The number of anilines is 1. The highest BCUT2D eigenvalue weighted by atomic mass is 16.5. The molecule has 0 spiro atoms. The minimum absolute atomic E-state index is 0.00555. The van der Waals surface area contributed by atoms with E-state index in [1.165, 1.54) is 0 Å². The van der Waals surface area contributed by atoms with Crippen LogP contribution in [0.5, 0.6) is 5.75 Å². The number of ether oxygens (including phenoxy) is 1. The van der Waals surface area contributed by atoms with Crippen LogP contribution in [0.4, 0.5) is 5.69 Å². The van der Waals surface area contributed by atoms with Gasteiger partial charge in [-0.05, 0) is 65.3 Å². The first kappa shape index (κ1) is 22.0. The number of fused-ring (bicyclic) bond motifs is 1. The molecule has 1 aliphatic rings. The number of quaternary nitrogens is 1. The molecule has 0 saturated carbocycles. The van der Waals surface area contributed by atoms with E-state index in [9.17, 15) is 9.59 Å². The minimum atomic E-state index is -0.443. The zero-order valence-corrected chi connectivity index (χ0v) is 18.2. The summed E-state index contributed by atoms with van der Waals surface area (Å²) in [5.74, 6) is 0.749. The van der Waals surface area contributed by atoms with Gasteiger partial charge >= 0.3 is 0 Å². The van der Waals surface area contributed by atoms with E-state index >= 15 is 0 Å². The molecule has 28 heavy (non-hydrogen) atoms. The molecule has 2 rings (SSSR count). The number of carbonyl (C=O) groups excluding carboxylic acids is 2. The molecule has 1 aromatic carbocycles.